The normalized spacial score (nSPS) is 12.2. The van der Waals surface area contributed by atoms with Crippen LogP contribution in [0.5, 0.6) is 0 Å². The molecule has 0 saturated heterocycles. The Hall–Kier alpha value is -3.20. The Bertz CT molecular complexity index is 1310. The summed E-state index contributed by atoms with van der Waals surface area (Å²) in [5.41, 5.74) is 7.65. The SMILES string of the molecule is CC(C)(C)c1ccc2c(c1)c1nc3ccccc3nc1n2Cc1ccccc1. The van der Waals surface area contributed by atoms with Crippen LogP contribution in [0.1, 0.15) is 31.9 Å². The van der Waals surface area contributed by atoms with Gasteiger partial charge in [0.15, 0.2) is 5.65 Å². The third-order valence-corrected chi connectivity index (χ3v) is 5.40. The van der Waals surface area contributed by atoms with Crippen LogP contribution >= 0.6 is 0 Å². The van der Waals surface area contributed by atoms with Gasteiger partial charge in [0.05, 0.1) is 16.6 Å². The van der Waals surface area contributed by atoms with E-state index in [1.165, 1.54) is 22.0 Å². The van der Waals surface area contributed by atoms with Gasteiger partial charge in [-0.1, -0.05) is 69.3 Å². The number of rotatable bonds is 2. The second kappa shape index (κ2) is 6.16. The summed E-state index contributed by atoms with van der Waals surface area (Å²) >= 11 is 0. The fourth-order valence-corrected chi connectivity index (χ4v) is 3.83. The third kappa shape index (κ3) is 2.75. The van der Waals surface area contributed by atoms with E-state index in [0.29, 0.717) is 0 Å². The summed E-state index contributed by atoms with van der Waals surface area (Å²) in [4.78, 5) is 10.0. The molecule has 28 heavy (non-hydrogen) atoms. The van der Waals surface area contributed by atoms with Crippen LogP contribution in [0.15, 0.2) is 72.8 Å². The topological polar surface area (TPSA) is 30.7 Å². The van der Waals surface area contributed by atoms with Crippen LogP contribution in [-0.4, -0.2) is 14.5 Å². The molecule has 5 rings (SSSR count). The summed E-state index contributed by atoms with van der Waals surface area (Å²) < 4.78 is 2.30. The molecule has 0 aliphatic heterocycles. The van der Waals surface area contributed by atoms with E-state index in [2.05, 4.69) is 73.9 Å². The first kappa shape index (κ1) is 16.9. The summed E-state index contributed by atoms with van der Waals surface area (Å²) in [5, 5.41) is 1.18. The zero-order valence-electron chi connectivity index (χ0n) is 16.5. The molecular formula is C25H23N3. The Morgan fingerprint density at radius 1 is 0.786 bits per heavy atom. The van der Waals surface area contributed by atoms with Crippen molar-refractivity contribution in [3.63, 3.8) is 0 Å². The predicted molar refractivity (Wildman–Crippen MR) is 117 cm³/mol. The zero-order valence-corrected chi connectivity index (χ0v) is 16.5. The first-order valence-electron chi connectivity index (χ1n) is 9.74. The first-order chi connectivity index (χ1) is 13.5. The minimum absolute atomic E-state index is 0.0896. The molecule has 0 aliphatic rings. The lowest BCUT2D eigenvalue weighted by molar-refractivity contribution is 0.591. The van der Waals surface area contributed by atoms with Crippen molar-refractivity contribution in [3.8, 4) is 0 Å². The lowest BCUT2D eigenvalue weighted by Crippen LogP contribution is -2.10. The molecule has 3 nitrogen and oxygen atoms in total. The van der Waals surface area contributed by atoms with E-state index in [-0.39, 0.29) is 5.41 Å². The fourth-order valence-electron chi connectivity index (χ4n) is 3.83. The van der Waals surface area contributed by atoms with Crippen LogP contribution in [0.3, 0.4) is 0 Å². The minimum atomic E-state index is 0.0896. The van der Waals surface area contributed by atoms with Crippen LogP contribution in [0.4, 0.5) is 0 Å². The molecule has 3 aromatic carbocycles. The fraction of sp³-hybridized carbons (Fsp3) is 0.200. The van der Waals surface area contributed by atoms with Gasteiger partial charge in [-0.2, -0.15) is 0 Å². The average Bonchev–Trinajstić information content (AvgIpc) is 2.99. The van der Waals surface area contributed by atoms with Gasteiger partial charge in [-0.3, -0.25) is 0 Å². The van der Waals surface area contributed by atoms with Crippen molar-refractivity contribution in [2.24, 2.45) is 0 Å². The highest BCUT2D eigenvalue weighted by Gasteiger charge is 2.19. The van der Waals surface area contributed by atoms with Crippen LogP contribution in [0, 0.1) is 0 Å². The highest BCUT2D eigenvalue weighted by atomic mass is 15.1. The van der Waals surface area contributed by atoms with Crippen molar-refractivity contribution < 1.29 is 0 Å². The molecule has 2 aromatic heterocycles. The molecule has 5 aromatic rings. The van der Waals surface area contributed by atoms with E-state index in [4.69, 9.17) is 9.97 Å². The highest BCUT2D eigenvalue weighted by Crippen LogP contribution is 2.33. The monoisotopic (exact) mass is 365 g/mol. The summed E-state index contributed by atoms with van der Waals surface area (Å²) in [6, 6.07) is 25.4. The third-order valence-electron chi connectivity index (χ3n) is 5.40. The van der Waals surface area contributed by atoms with Gasteiger partial charge in [-0.25, -0.2) is 9.97 Å². The molecule has 0 atom stereocenters. The number of aromatic nitrogens is 3. The highest BCUT2D eigenvalue weighted by molar-refractivity contribution is 6.06. The van der Waals surface area contributed by atoms with Crippen molar-refractivity contribution in [1.82, 2.24) is 14.5 Å². The molecule has 0 amide bonds. The van der Waals surface area contributed by atoms with Gasteiger partial charge in [0.1, 0.15) is 5.52 Å². The molecular weight excluding hydrogens is 342 g/mol. The van der Waals surface area contributed by atoms with Crippen LogP contribution < -0.4 is 0 Å². The second-order valence-electron chi connectivity index (χ2n) is 8.44. The van der Waals surface area contributed by atoms with Crippen molar-refractivity contribution in [2.45, 2.75) is 32.7 Å². The molecule has 0 N–H and O–H groups in total. The zero-order chi connectivity index (χ0) is 19.3. The maximum Gasteiger partial charge on any atom is 0.160 e. The van der Waals surface area contributed by atoms with Crippen molar-refractivity contribution >= 4 is 33.1 Å². The Kier molecular flexibility index (Phi) is 3.73. The predicted octanol–water partition coefficient (Wildman–Crippen LogP) is 6.08. The largest absolute Gasteiger partial charge is 0.319 e. The van der Waals surface area contributed by atoms with E-state index in [1.807, 2.05) is 24.3 Å². The Labute approximate surface area is 164 Å². The van der Waals surface area contributed by atoms with Crippen LogP contribution in [-0.2, 0) is 12.0 Å². The minimum Gasteiger partial charge on any atom is -0.319 e. The van der Waals surface area contributed by atoms with Gasteiger partial charge >= 0.3 is 0 Å². The first-order valence-corrected chi connectivity index (χ1v) is 9.74. The molecule has 0 radical (unpaired) electrons. The van der Waals surface area contributed by atoms with Gasteiger partial charge < -0.3 is 4.57 Å². The van der Waals surface area contributed by atoms with E-state index in [1.54, 1.807) is 0 Å². The summed E-state index contributed by atoms with van der Waals surface area (Å²) in [6.45, 7) is 7.53. The molecule has 0 spiro atoms. The van der Waals surface area contributed by atoms with Crippen molar-refractivity contribution in [1.29, 1.82) is 0 Å². The number of benzene rings is 3. The van der Waals surface area contributed by atoms with E-state index < -0.39 is 0 Å². The summed E-state index contributed by atoms with van der Waals surface area (Å²) in [7, 11) is 0. The molecule has 0 fully saturated rings. The van der Waals surface area contributed by atoms with Crippen molar-refractivity contribution in [2.75, 3.05) is 0 Å². The van der Waals surface area contributed by atoms with Gasteiger partial charge in [-0.05, 0) is 40.8 Å². The van der Waals surface area contributed by atoms with Crippen molar-refractivity contribution in [3.05, 3.63) is 83.9 Å². The molecule has 138 valence electrons. The molecule has 0 aliphatic carbocycles. The van der Waals surface area contributed by atoms with Gasteiger partial charge in [0, 0.05) is 11.9 Å². The van der Waals surface area contributed by atoms with Crippen LogP contribution in [0.2, 0.25) is 0 Å². The number of nitrogens with zero attached hydrogens (tertiary/aromatic N) is 3. The van der Waals surface area contributed by atoms with Crippen LogP contribution in [0.25, 0.3) is 33.1 Å². The van der Waals surface area contributed by atoms with E-state index in [0.717, 1.165) is 28.7 Å². The maximum absolute atomic E-state index is 5.01. The van der Waals surface area contributed by atoms with Gasteiger partial charge in [0.25, 0.3) is 0 Å². The molecule has 3 heteroatoms. The standard InChI is InChI=1S/C25H23N3/c1-25(2,3)18-13-14-22-19(15-18)23-24(27-21-12-8-7-11-20(21)26-23)28(22)16-17-9-5-4-6-10-17/h4-15H,16H2,1-3H3. The Morgan fingerprint density at radius 2 is 1.46 bits per heavy atom. The number of hydrogen-bond acceptors (Lipinski definition) is 2. The quantitative estimate of drug-likeness (QED) is 0.379. The summed E-state index contributed by atoms with van der Waals surface area (Å²) in [6.07, 6.45) is 0. The van der Waals surface area contributed by atoms with Gasteiger partial charge in [-0.15, -0.1) is 0 Å². The van der Waals surface area contributed by atoms with Gasteiger partial charge in [0.2, 0.25) is 0 Å². The molecule has 2 heterocycles. The average molecular weight is 365 g/mol. The number of hydrogen-bond donors (Lipinski definition) is 0. The smallest absolute Gasteiger partial charge is 0.160 e. The lowest BCUT2D eigenvalue weighted by atomic mass is 9.86. The Balaban J connectivity index is 1.85. The summed E-state index contributed by atoms with van der Waals surface area (Å²) in [5.74, 6) is 0. The number of para-hydroxylation sites is 2. The molecule has 0 bridgehead atoms. The maximum atomic E-state index is 5.01. The molecule has 0 unspecified atom stereocenters. The lowest BCUT2D eigenvalue weighted by Gasteiger charge is -2.19. The molecule has 0 saturated carbocycles. The Morgan fingerprint density at radius 3 is 2.18 bits per heavy atom. The number of fused-ring (bicyclic) bond motifs is 4. The van der Waals surface area contributed by atoms with E-state index >= 15 is 0 Å². The second-order valence-corrected chi connectivity index (χ2v) is 8.44. The van der Waals surface area contributed by atoms with E-state index in [9.17, 15) is 0 Å².